The third kappa shape index (κ3) is 4.96. The molecule has 0 unspecified atom stereocenters. The van der Waals surface area contributed by atoms with E-state index >= 15 is 0 Å². The van der Waals surface area contributed by atoms with E-state index in [1.54, 1.807) is 17.2 Å². The summed E-state index contributed by atoms with van der Waals surface area (Å²) in [5.41, 5.74) is 1.02. The van der Waals surface area contributed by atoms with Gasteiger partial charge in [-0.1, -0.05) is 6.42 Å². The minimum Gasteiger partial charge on any atom is -0.337 e. The molecule has 6 nitrogen and oxygen atoms in total. The summed E-state index contributed by atoms with van der Waals surface area (Å²) in [5, 5.41) is 2.28. The number of aromatic nitrogens is 1. The molecule has 168 valence electrons. The molecule has 31 heavy (non-hydrogen) atoms. The van der Waals surface area contributed by atoms with Crippen LogP contribution in [0.5, 0.6) is 0 Å². The zero-order valence-electron chi connectivity index (χ0n) is 17.2. The Balaban J connectivity index is 1.57. The normalized spacial score (nSPS) is 22.0. The second-order valence-electron chi connectivity index (χ2n) is 8.15. The number of benzene rings is 1. The van der Waals surface area contributed by atoms with Crippen molar-refractivity contribution in [1.29, 1.82) is 0 Å². The van der Waals surface area contributed by atoms with Crippen LogP contribution >= 0.6 is 11.3 Å². The molecule has 2 aromatic rings. The van der Waals surface area contributed by atoms with Gasteiger partial charge >= 0.3 is 0 Å². The fourth-order valence-electron chi connectivity index (χ4n) is 4.15. The average molecular weight is 470 g/mol. The fraction of sp³-hybridized carbons (Fsp3) is 0.524. The number of likely N-dealkylation sites (tertiary alicyclic amines) is 1. The monoisotopic (exact) mass is 469 g/mol. The van der Waals surface area contributed by atoms with Crippen molar-refractivity contribution in [3.05, 3.63) is 40.9 Å². The molecule has 1 aromatic carbocycles. The first-order valence-corrected chi connectivity index (χ1v) is 13.0. The van der Waals surface area contributed by atoms with Crippen LogP contribution in [0.1, 0.15) is 38.3 Å². The maximum absolute atomic E-state index is 13.6. The first kappa shape index (κ1) is 22.3. The average Bonchev–Trinajstić information content (AvgIpc) is 3.27. The van der Waals surface area contributed by atoms with Gasteiger partial charge in [0.15, 0.2) is 0 Å². The molecule has 0 spiro atoms. The maximum Gasteiger partial charge on any atom is 0.225 e. The Hall–Kier alpha value is -1.91. The highest BCUT2D eigenvalue weighted by Gasteiger charge is 2.42. The zero-order valence-corrected chi connectivity index (χ0v) is 18.8. The number of sulfonamides is 1. The van der Waals surface area contributed by atoms with E-state index in [9.17, 15) is 22.0 Å². The first-order valence-electron chi connectivity index (χ1n) is 10.5. The highest BCUT2D eigenvalue weighted by Crippen LogP contribution is 2.33. The zero-order chi connectivity index (χ0) is 22.2. The Morgan fingerprint density at radius 2 is 1.94 bits per heavy atom. The van der Waals surface area contributed by atoms with Crippen LogP contribution in [-0.4, -0.2) is 48.6 Å². The van der Waals surface area contributed by atoms with Gasteiger partial charge < -0.3 is 4.90 Å². The van der Waals surface area contributed by atoms with Crippen molar-refractivity contribution in [2.45, 2.75) is 51.1 Å². The van der Waals surface area contributed by atoms with Crippen LogP contribution in [0.25, 0.3) is 10.6 Å². The number of hydrogen-bond acceptors (Lipinski definition) is 5. The number of amides is 1. The number of halogens is 2. The molecule has 2 aliphatic rings. The first-order chi connectivity index (χ1) is 14.8. The number of nitrogens with one attached hydrogen (secondary N) is 1. The van der Waals surface area contributed by atoms with Crippen LogP contribution < -0.4 is 4.72 Å². The predicted octanol–water partition coefficient (Wildman–Crippen LogP) is 3.34. The highest BCUT2D eigenvalue weighted by molar-refractivity contribution is 7.89. The molecule has 10 heteroatoms. The molecule has 1 amide bonds. The van der Waals surface area contributed by atoms with Crippen molar-refractivity contribution in [2.75, 3.05) is 12.3 Å². The van der Waals surface area contributed by atoms with E-state index in [4.69, 9.17) is 0 Å². The molecule has 1 saturated carbocycles. The van der Waals surface area contributed by atoms with E-state index in [0.717, 1.165) is 25.3 Å². The molecular formula is C21H25F2N3O3S2. The van der Waals surface area contributed by atoms with E-state index < -0.39 is 21.7 Å². The van der Waals surface area contributed by atoms with Crippen LogP contribution in [0.4, 0.5) is 8.78 Å². The van der Waals surface area contributed by atoms with Gasteiger partial charge in [0, 0.05) is 41.9 Å². The lowest BCUT2D eigenvalue weighted by Crippen LogP contribution is -2.50. The van der Waals surface area contributed by atoms with Gasteiger partial charge in [-0.2, -0.15) is 0 Å². The molecule has 1 aliphatic heterocycles. The molecule has 1 N–H and O–H groups in total. The summed E-state index contributed by atoms with van der Waals surface area (Å²) in [6.07, 6.45) is 3.72. The standard InChI is InChI=1S/C21H25F2N3O3S2/c1-2-31(28,29)25-18-6-7-26(21(27)13-4-3-5-13)19(18)11-17-12-30-20(24-17)14-8-15(22)10-16(23)9-14/h8-10,12-13,18-19,25H,2-7,11H2,1H3/t18-,19-/m1/s1. The number of nitrogens with zero attached hydrogens (tertiary/aromatic N) is 2. The molecule has 2 atom stereocenters. The molecule has 0 bridgehead atoms. The minimum absolute atomic E-state index is 0.0188. The highest BCUT2D eigenvalue weighted by atomic mass is 32.2. The molecule has 1 aromatic heterocycles. The van der Waals surface area contributed by atoms with Crippen molar-refractivity contribution < 1.29 is 22.0 Å². The second kappa shape index (κ2) is 8.91. The van der Waals surface area contributed by atoms with Crippen LogP contribution in [0.3, 0.4) is 0 Å². The van der Waals surface area contributed by atoms with E-state index in [2.05, 4.69) is 9.71 Å². The van der Waals surface area contributed by atoms with Crippen LogP contribution in [0.15, 0.2) is 23.6 Å². The van der Waals surface area contributed by atoms with Gasteiger partial charge in [-0.25, -0.2) is 26.9 Å². The van der Waals surface area contributed by atoms with E-state index in [1.165, 1.54) is 23.5 Å². The molecule has 2 fully saturated rings. The number of thiazole rings is 1. The topological polar surface area (TPSA) is 79.4 Å². The van der Waals surface area contributed by atoms with Crippen LogP contribution in [0, 0.1) is 17.6 Å². The van der Waals surface area contributed by atoms with E-state index in [0.29, 0.717) is 35.7 Å². The molecule has 1 aliphatic carbocycles. The van der Waals surface area contributed by atoms with Gasteiger partial charge in [0.2, 0.25) is 15.9 Å². The van der Waals surface area contributed by atoms with Gasteiger partial charge in [-0.3, -0.25) is 4.79 Å². The number of carbonyl (C=O) groups excluding carboxylic acids is 1. The summed E-state index contributed by atoms with van der Waals surface area (Å²) >= 11 is 1.27. The lowest BCUT2D eigenvalue weighted by Gasteiger charge is -2.34. The number of hydrogen-bond donors (Lipinski definition) is 1. The lowest BCUT2D eigenvalue weighted by atomic mass is 9.84. The van der Waals surface area contributed by atoms with Crippen molar-refractivity contribution in [1.82, 2.24) is 14.6 Å². The molecule has 2 heterocycles. The quantitative estimate of drug-likeness (QED) is 0.675. The Morgan fingerprint density at radius 3 is 2.55 bits per heavy atom. The molecular weight excluding hydrogens is 444 g/mol. The number of carbonyl (C=O) groups is 1. The second-order valence-corrected chi connectivity index (χ2v) is 11.1. The van der Waals surface area contributed by atoms with Crippen molar-refractivity contribution in [3.63, 3.8) is 0 Å². The molecule has 4 rings (SSSR count). The summed E-state index contributed by atoms with van der Waals surface area (Å²) in [4.78, 5) is 19.3. The summed E-state index contributed by atoms with van der Waals surface area (Å²) in [7, 11) is -3.43. The van der Waals surface area contributed by atoms with Gasteiger partial charge in [-0.05, 0) is 38.3 Å². The Bertz CT molecular complexity index is 1050. The smallest absolute Gasteiger partial charge is 0.225 e. The third-order valence-corrected chi connectivity index (χ3v) is 8.44. The molecule has 0 radical (unpaired) electrons. The van der Waals surface area contributed by atoms with Crippen molar-refractivity contribution >= 4 is 27.3 Å². The number of rotatable bonds is 7. The summed E-state index contributed by atoms with van der Waals surface area (Å²) in [6.45, 7) is 2.08. The largest absolute Gasteiger partial charge is 0.337 e. The Kier molecular flexibility index (Phi) is 6.41. The van der Waals surface area contributed by atoms with E-state index in [-0.39, 0.29) is 29.7 Å². The summed E-state index contributed by atoms with van der Waals surface area (Å²) in [5.74, 6) is -1.27. The molecule has 1 saturated heterocycles. The van der Waals surface area contributed by atoms with Gasteiger partial charge in [0.25, 0.3) is 0 Å². The maximum atomic E-state index is 13.6. The summed E-state index contributed by atoms with van der Waals surface area (Å²) < 4.78 is 54.3. The van der Waals surface area contributed by atoms with Crippen LogP contribution in [-0.2, 0) is 21.2 Å². The van der Waals surface area contributed by atoms with E-state index in [1.807, 2.05) is 0 Å². The fourth-order valence-corrected chi connectivity index (χ4v) is 5.87. The Labute approximate surface area is 184 Å². The third-order valence-electron chi connectivity index (χ3n) is 6.07. The van der Waals surface area contributed by atoms with Crippen LogP contribution in [0.2, 0.25) is 0 Å². The van der Waals surface area contributed by atoms with Gasteiger partial charge in [-0.15, -0.1) is 11.3 Å². The van der Waals surface area contributed by atoms with Crippen molar-refractivity contribution in [3.8, 4) is 10.6 Å². The predicted molar refractivity (Wildman–Crippen MR) is 115 cm³/mol. The SMILES string of the molecule is CCS(=O)(=O)N[C@@H]1CCN(C(=O)C2CCC2)[C@@H]1Cc1csc(-c2cc(F)cc(F)c2)n1. The lowest BCUT2D eigenvalue weighted by molar-refractivity contribution is -0.139. The minimum atomic E-state index is -3.43. The summed E-state index contributed by atoms with van der Waals surface area (Å²) in [6, 6.07) is 2.54. The van der Waals surface area contributed by atoms with Gasteiger partial charge in [0.1, 0.15) is 16.6 Å². The van der Waals surface area contributed by atoms with Gasteiger partial charge in [0.05, 0.1) is 17.5 Å². The van der Waals surface area contributed by atoms with Crippen molar-refractivity contribution in [2.24, 2.45) is 5.92 Å². The Morgan fingerprint density at radius 1 is 1.23 bits per heavy atom.